The molecule has 0 atom stereocenters. The van der Waals surface area contributed by atoms with Crippen LogP contribution in [0, 0.1) is 6.92 Å². The molecule has 0 spiro atoms. The number of hydrogen-bond donors (Lipinski definition) is 1. The van der Waals surface area contributed by atoms with E-state index in [1.165, 1.54) is 11.3 Å². The third-order valence-corrected chi connectivity index (χ3v) is 6.50. The molecule has 0 aliphatic carbocycles. The lowest BCUT2D eigenvalue weighted by Crippen LogP contribution is -1.91. The largest absolute Gasteiger partial charge is 0.330 e. The molecule has 0 radical (unpaired) electrons. The molecule has 2 aromatic heterocycles. The Labute approximate surface area is 156 Å². The van der Waals surface area contributed by atoms with Gasteiger partial charge in [0.25, 0.3) is 0 Å². The maximum absolute atomic E-state index is 6.53. The minimum atomic E-state index is 0.674. The number of hydrogen-bond acceptors (Lipinski definition) is 5. The first-order chi connectivity index (χ1) is 11.6. The van der Waals surface area contributed by atoms with Gasteiger partial charge in [0.15, 0.2) is 5.01 Å². The second-order valence-electron chi connectivity index (χ2n) is 5.24. The van der Waals surface area contributed by atoms with E-state index in [9.17, 15) is 0 Å². The van der Waals surface area contributed by atoms with Gasteiger partial charge in [-0.05, 0) is 36.8 Å². The van der Waals surface area contributed by atoms with Gasteiger partial charge in [-0.15, -0.1) is 21.5 Å². The van der Waals surface area contributed by atoms with E-state index in [1.807, 2.05) is 36.4 Å². The lowest BCUT2D eigenvalue weighted by Gasteiger charge is -2.04. The van der Waals surface area contributed by atoms with E-state index in [1.54, 1.807) is 11.3 Å². The average molecular weight is 392 g/mol. The summed E-state index contributed by atoms with van der Waals surface area (Å²) in [7, 11) is 0. The van der Waals surface area contributed by atoms with Gasteiger partial charge in [0.1, 0.15) is 0 Å². The molecule has 0 saturated heterocycles. The molecular weight excluding hydrogens is 381 g/mol. The summed E-state index contributed by atoms with van der Waals surface area (Å²) in [6, 6.07) is 13.8. The number of aromatic nitrogens is 2. The highest BCUT2D eigenvalue weighted by molar-refractivity contribution is 7.27. The fourth-order valence-electron chi connectivity index (χ4n) is 2.37. The van der Waals surface area contributed by atoms with Crippen molar-refractivity contribution in [1.29, 1.82) is 0 Å². The van der Waals surface area contributed by atoms with Gasteiger partial charge >= 0.3 is 0 Å². The monoisotopic (exact) mass is 391 g/mol. The molecule has 0 aliphatic heterocycles. The Morgan fingerprint density at radius 3 is 2.67 bits per heavy atom. The molecule has 2 heterocycles. The Hall–Kier alpha value is -1.66. The van der Waals surface area contributed by atoms with Crippen LogP contribution in [0.2, 0.25) is 10.0 Å². The molecule has 0 fully saturated rings. The summed E-state index contributed by atoms with van der Waals surface area (Å²) in [4.78, 5) is 0.921. The number of rotatable bonds is 3. The molecule has 4 aromatic rings. The molecule has 0 saturated carbocycles. The Morgan fingerprint density at radius 1 is 1.00 bits per heavy atom. The number of anilines is 2. The lowest BCUT2D eigenvalue weighted by molar-refractivity contribution is 1.10. The van der Waals surface area contributed by atoms with E-state index in [4.69, 9.17) is 23.2 Å². The van der Waals surface area contributed by atoms with Crippen molar-refractivity contribution in [2.24, 2.45) is 0 Å². The van der Waals surface area contributed by atoms with Gasteiger partial charge < -0.3 is 5.32 Å². The minimum absolute atomic E-state index is 0.674. The van der Waals surface area contributed by atoms with Gasteiger partial charge in [0.05, 0.1) is 9.90 Å². The summed E-state index contributed by atoms with van der Waals surface area (Å²) in [5, 5.41) is 15.7. The highest BCUT2D eigenvalue weighted by atomic mass is 35.5. The molecule has 0 bridgehead atoms. The van der Waals surface area contributed by atoms with Crippen molar-refractivity contribution < 1.29 is 0 Å². The molecule has 3 nitrogen and oxygen atoms in total. The van der Waals surface area contributed by atoms with Gasteiger partial charge in [-0.1, -0.05) is 52.7 Å². The van der Waals surface area contributed by atoms with Crippen molar-refractivity contribution >= 4 is 66.8 Å². The van der Waals surface area contributed by atoms with Crippen molar-refractivity contribution in [2.75, 3.05) is 5.32 Å². The fraction of sp³-hybridized carbons (Fsp3) is 0.0588. The number of nitrogens with one attached hydrogen (secondary N) is 1. The van der Waals surface area contributed by atoms with Gasteiger partial charge in [-0.3, -0.25) is 0 Å². The number of para-hydroxylation sites is 1. The van der Waals surface area contributed by atoms with Crippen LogP contribution in [0.4, 0.5) is 10.8 Å². The number of halogens is 2. The smallest absolute Gasteiger partial charge is 0.210 e. The summed E-state index contributed by atoms with van der Waals surface area (Å²) >= 11 is 15.7. The SMILES string of the molecule is Cc1ccccc1Nc1nnc(-c2sc3ccc(Cl)cc3c2Cl)s1. The first kappa shape index (κ1) is 15.8. The normalized spacial score (nSPS) is 11.1. The summed E-state index contributed by atoms with van der Waals surface area (Å²) in [5.41, 5.74) is 2.18. The van der Waals surface area contributed by atoms with Gasteiger partial charge in [0.2, 0.25) is 5.13 Å². The highest BCUT2D eigenvalue weighted by Crippen LogP contribution is 2.44. The number of fused-ring (bicyclic) bond motifs is 1. The number of aryl methyl sites for hydroxylation is 1. The molecule has 0 aliphatic rings. The minimum Gasteiger partial charge on any atom is -0.330 e. The molecule has 0 unspecified atom stereocenters. The first-order valence-corrected chi connectivity index (χ1v) is 9.55. The zero-order chi connectivity index (χ0) is 16.7. The van der Waals surface area contributed by atoms with E-state index >= 15 is 0 Å². The van der Waals surface area contributed by atoms with E-state index < -0.39 is 0 Å². The van der Waals surface area contributed by atoms with Crippen molar-refractivity contribution in [3.05, 3.63) is 58.1 Å². The Morgan fingerprint density at radius 2 is 1.83 bits per heavy atom. The van der Waals surface area contributed by atoms with Crippen LogP contribution in [-0.4, -0.2) is 10.2 Å². The maximum atomic E-state index is 6.53. The molecule has 2 aromatic carbocycles. The molecule has 1 N–H and O–H groups in total. The van der Waals surface area contributed by atoms with Gasteiger partial charge in [-0.2, -0.15) is 0 Å². The lowest BCUT2D eigenvalue weighted by atomic mass is 10.2. The van der Waals surface area contributed by atoms with E-state index in [-0.39, 0.29) is 0 Å². The summed E-state index contributed by atoms with van der Waals surface area (Å²) in [5.74, 6) is 0. The number of benzene rings is 2. The van der Waals surface area contributed by atoms with Crippen LogP contribution in [0.5, 0.6) is 0 Å². The quantitative estimate of drug-likeness (QED) is 0.418. The molecule has 120 valence electrons. The Balaban J connectivity index is 1.70. The van der Waals surface area contributed by atoms with Crippen LogP contribution >= 0.6 is 45.9 Å². The van der Waals surface area contributed by atoms with Crippen molar-refractivity contribution in [3.63, 3.8) is 0 Å². The summed E-state index contributed by atoms with van der Waals surface area (Å²) in [6.07, 6.45) is 0. The Bertz CT molecular complexity index is 1040. The van der Waals surface area contributed by atoms with Gasteiger partial charge in [0, 0.05) is 20.8 Å². The van der Waals surface area contributed by atoms with Crippen molar-refractivity contribution in [2.45, 2.75) is 6.92 Å². The van der Waals surface area contributed by atoms with Crippen LogP contribution in [-0.2, 0) is 0 Å². The summed E-state index contributed by atoms with van der Waals surface area (Å²) in [6.45, 7) is 2.05. The van der Waals surface area contributed by atoms with Crippen molar-refractivity contribution in [3.8, 4) is 9.88 Å². The zero-order valence-corrected chi connectivity index (χ0v) is 15.7. The van der Waals surface area contributed by atoms with Crippen LogP contribution in [0.1, 0.15) is 5.56 Å². The topological polar surface area (TPSA) is 37.8 Å². The first-order valence-electron chi connectivity index (χ1n) is 7.16. The fourth-order valence-corrected chi connectivity index (χ4v) is 4.92. The molecular formula is C17H11Cl2N3S2. The highest BCUT2D eigenvalue weighted by Gasteiger charge is 2.17. The third-order valence-electron chi connectivity index (χ3n) is 3.60. The standard InChI is InChI=1S/C17H11Cl2N3S2/c1-9-4-2-3-5-12(9)20-17-22-21-16(24-17)15-14(19)11-8-10(18)6-7-13(11)23-15/h2-8H,1H3,(H,20,22). The molecule has 24 heavy (non-hydrogen) atoms. The second-order valence-corrected chi connectivity index (χ2v) is 8.08. The van der Waals surface area contributed by atoms with Crippen LogP contribution in [0.3, 0.4) is 0 Å². The van der Waals surface area contributed by atoms with E-state index in [0.29, 0.717) is 10.0 Å². The average Bonchev–Trinajstić information content (AvgIpc) is 3.15. The maximum Gasteiger partial charge on any atom is 0.210 e. The number of thiophene rings is 1. The number of nitrogens with zero attached hydrogens (tertiary/aromatic N) is 2. The predicted octanol–water partition coefficient (Wildman–Crippen LogP) is 6.78. The molecule has 0 amide bonds. The second kappa shape index (κ2) is 6.33. The molecule has 4 rings (SSSR count). The van der Waals surface area contributed by atoms with Crippen LogP contribution in [0.25, 0.3) is 20.0 Å². The van der Waals surface area contributed by atoms with E-state index in [0.717, 1.165) is 36.4 Å². The third kappa shape index (κ3) is 2.89. The summed E-state index contributed by atoms with van der Waals surface area (Å²) < 4.78 is 1.09. The van der Waals surface area contributed by atoms with E-state index in [2.05, 4.69) is 28.5 Å². The van der Waals surface area contributed by atoms with Gasteiger partial charge in [-0.25, -0.2) is 0 Å². The predicted molar refractivity (Wildman–Crippen MR) is 105 cm³/mol. The Kier molecular flexibility index (Phi) is 4.18. The molecule has 7 heteroatoms. The van der Waals surface area contributed by atoms with Crippen LogP contribution in [0.15, 0.2) is 42.5 Å². The van der Waals surface area contributed by atoms with Crippen LogP contribution < -0.4 is 5.32 Å². The van der Waals surface area contributed by atoms with Crippen molar-refractivity contribution in [1.82, 2.24) is 10.2 Å². The zero-order valence-electron chi connectivity index (χ0n) is 12.5.